The van der Waals surface area contributed by atoms with E-state index in [9.17, 15) is 9.18 Å². The maximum atomic E-state index is 13.2. The van der Waals surface area contributed by atoms with Crippen LogP contribution in [-0.4, -0.2) is 30.4 Å². The van der Waals surface area contributed by atoms with E-state index in [1.807, 2.05) is 6.08 Å². The Bertz CT molecular complexity index is 849. The summed E-state index contributed by atoms with van der Waals surface area (Å²) >= 11 is 0. The molecular weight excluding hydrogens is 365 g/mol. The Kier molecular flexibility index (Phi) is 4.34. The first-order valence-corrected chi connectivity index (χ1v) is 11.2. The van der Waals surface area contributed by atoms with E-state index >= 15 is 0 Å². The predicted octanol–water partition coefficient (Wildman–Crippen LogP) is 5.21. The lowest BCUT2D eigenvalue weighted by Gasteiger charge is -2.59. The van der Waals surface area contributed by atoms with Crippen molar-refractivity contribution in [2.75, 3.05) is 13.6 Å². The molecule has 1 aromatic carbocycles. The zero-order valence-electron chi connectivity index (χ0n) is 17.8. The molecule has 5 rings (SSSR count). The number of rotatable bonds is 2. The van der Waals surface area contributed by atoms with Crippen molar-refractivity contribution in [2.24, 2.45) is 28.6 Å². The molecule has 3 aliphatic carbocycles. The van der Waals surface area contributed by atoms with Gasteiger partial charge in [-0.2, -0.15) is 0 Å². The van der Waals surface area contributed by atoms with Crippen LogP contribution in [0.5, 0.6) is 5.75 Å². The van der Waals surface area contributed by atoms with Crippen LogP contribution < -0.4 is 4.74 Å². The highest BCUT2D eigenvalue weighted by Crippen LogP contribution is 2.64. The van der Waals surface area contributed by atoms with Crippen LogP contribution in [0.3, 0.4) is 0 Å². The third-order valence-corrected chi connectivity index (χ3v) is 8.77. The number of piperidine rings is 1. The number of fused-ring (bicyclic) bond motifs is 5. The molecule has 0 bridgehead atoms. The summed E-state index contributed by atoms with van der Waals surface area (Å²) in [5, 5.41) is 0. The van der Waals surface area contributed by atoms with Gasteiger partial charge < -0.3 is 9.64 Å². The minimum absolute atomic E-state index is 0.128. The third-order valence-electron chi connectivity index (χ3n) is 8.77. The summed E-state index contributed by atoms with van der Waals surface area (Å²) in [6, 6.07) is 6.44. The molecule has 1 heterocycles. The molecule has 0 amide bonds. The van der Waals surface area contributed by atoms with Crippen molar-refractivity contribution in [1.29, 1.82) is 0 Å². The van der Waals surface area contributed by atoms with Gasteiger partial charge in [-0.05, 0) is 79.5 Å². The van der Waals surface area contributed by atoms with E-state index in [2.05, 4.69) is 25.8 Å². The van der Waals surface area contributed by atoms with Crippen molar-refractivity contribution in [1.82, 2.24) is 4.90 Å². The van der Waals surface area contributed by atoms with Gasteiger partial charge in [-0.3, -0.25) is 4.79 Å². The van der Waals surface area contributed by atoms with E-state index in [1.54, 1.807) is 12.1 Å². The van der Waals surface area contributed by atoms with Gasteiger partial charge in [0.25, 0.3) is 0 Å². The van der Waals surface area contributed by atoms with E-state index in [-0.39, 0.29) is 23.1 Å². The molecule has 1 saturated heterocycles. The Morgan fingerprint density at radius 3 is 2.66 bits per heavy atom. The summed E-state index contributed by atoms with van der Waals surface area (Å²) in [5.41, 5.74) is 1.72. The van der Waals surface area contributed by atoms with E-state index in [4.69, 9.17) is 4.74 Å². The van der Waals surface area contributed by atoms with Crippen LogP contribution in [0.25, 0.3) is 0 Å². The van der Waals surface area contributed by atoms with Crippen LogP contribution in [0.15, 0.2) is 36.0 Å². The van der Waals surface area contributed by atoms with E-state index in [0.29, 0.717) is 29.6 Å². The van der Waals surface area contributed by atoms with E-state index in [0.717, 1.165) is 31.6 Å². The summed E-state index contributed by atoms with van der Waals surface area (Å²) in [7, 11) is 2.17. The molecule has 4 heteroatoms. The Morgan fingerprint density at radius 2 is 1.90 bits per heavy atom. The molecule has 156 valence electrons. The highest BCUT2D eigenvalue weighted by Gasteiger charge is 2.59. The Hall–Kier alpha value is -1.84. The standard InChI is InChI=1S/C25H32FNO2/c1-24-10-9-21-20(15-27(3)23-12-17(28)8-11-25(21,23)2)22(24)13-19(14-24)29-18-6-4-16(26)5-7-18/h4-7,12,19-22H,8-11,13-15H2,1-3H3/t19-,20+,21-,22-,24+,25+/m0/s1. The second kappa shape index (κ2) is 6.58. The first kappa shape index (κ1) is 19.1. The number of likely N-dealkylation sites (tertiary alicyclic amines) is 1. The summed E-state index contributed by atoms with van der Waals surface area (Å²) in [6.45, 7) is 5.91. The van der Waals surface area contributed by atoms with Crippen molar-refractivity contribution in [3.63, 3.8) is 0 Å². The number of hydrogen-bond donors (Lipinski definition) is 0. The van der Waals surface area contributed by atoms with Gasteiger partial charge in [-0.1, -0.05) is 13.8 Å². The molecule has 1 aromatic rings. The van der Waals surface area contributed by atoms with E-state index < -0.39 is 0 Å². The second-order valence-electron chi connectivity index (χ2n) is 10.5. The van der Waals surface area contributed by atoms with Crippen molar-refractivity contribution in [3.8, 4) is 5.75 Å². The number of allylic oxidation sites excluding steroid dienone is 2. The second-order valence-corrected chi connectivity index (χ2v) is 10.5. The van der Waals surface area contributed by atoms with Gasteiger partial charge in [-0.25, -0.2) is 4.39 Å². The number of benzene rings is 1. The zero-order chi connectivity index (χ0) is 20.4. The lowest BCUT2D eigenvalue weighted by Crippen LogP contribution is -2.56. The number of ketones is 1. The molecule has 0 radical (unpaired) electrons. The smallest absolute Gasteiger partial charge is 0.157 e. The number of carbonyl (C=O) groups is 1. The Balaban J connectivity index is 1.39. The molecule has 4 aliphatic rings. The lowest BCUT2D eigenvalue weighted by atomic mass is 9.50. The van der Waals surface area contributed by atoms with Crippen molar-refractivity contribution >= 4 is 5.78 Å². The third kappa shape index (κ3) is 3.02. The minimum atomic E-state index is -0.222. The molecule has 3 fully saturated rings. The number of hydrogen-bond acceptors (Lipinski definition) is 3. The minimum Gasteiger partial charge on any atom is -0.490 e. The molecule has 0 spiro atoms. The molecule has 3 nitrogen and oxygen atoms in total. The van der Waals surface area contributed by atoms with Crippen LogP contribution in [-0.2, 0) is 4.79 Å². The lowest BCUT2D eigenvalue weighted by molar-refractivity contribution is -0.118. The Labute approximate surface area is 173 Å². The molecule has 0 N–H and O–H groups in total. The van der Waals surface area contributed by atoms with Crippen LogP contribution in [0, 0.1) is 34.4 Å². The number of halogens is 1. The van der Waals surface area contributed by atoms with Gasteiger partial charge in [-0.15, -0.1) is 0 Å². The summed E-state index contributed by atoms with van der Waals surface area (Å²) in [6.07, 6.45) is 8.47. The first-order valence-electron chi connectivity index (χ1n) is 11.2. The SMILES string of the molecule is CN1C[C@H]2[C@@H]3C[C@H](Oc4ccc(F)cc4)C[C@@]3(C)CC[C@@H]2[C@@]2(C)CCC(=O)C=C12. The molecule has 2 saturated carbocycles. The van der Waals surface area contributed by atoms with Gasteiger partial charge >= 0.3 is 0 Å². The van der Waals surface area contributed by atoms with Gasteiger partial charge in [0.05, 0.1) is 6.10 Å². The maximum absolute atomic E-state index is 13.2. The number of ether oxygens (including phenoxy) is 1. The van der Waals surface area contributed by atoms with Gasteiger partial charge in [0.2, 0.25) is 0 Å². The van der Waals surface area contributed by atoms with Crippen LogP contribution >= 0.6 is 0 Å². The molecule has 29 heavy (non-hydrogen) atoms. The van der Waals surface area contributed by atoms with Crippen molar-refractivity contribution in [3.05, 3.63) is 41.9 Å². The molecule has 6 atom stereocenters. The predicted molar refractivity (Wildman–Crippen MR) is 111 cm³/mol. The highest BCUT2D eigenvalue weighted by molar-refractivity contribution is 5.91. The fourth-order valence-corrected chi connectivity index (χ4v) is 7.36. The van der Waals surface area contributed by atoms with Crippen LogP contribution in [0.1, 0.15) is 52.4 Å². The summed E-state index contributed by atoms with van der Waals surface area (Å²) in [4.78, 5) is 14.5. The topological polar surface area (TPSA) is 29.5 Å². The monoisotopic (exact) mass is 397 g/mol. The largest absolute Gasteiger partial charge is 0.490 e. The molecule has 1 aliphatic heterocycles. The van der Waals surface area contributed by atoms with Crippen molar-refractivity contribution in [2.45, 2.75) is 58.5 Å². The number of nitrogens with zero attached hydrogens (tertiary/aromatic N) is 1. The average Bonchev–Trinajstić information content (AvgIpc) is 3.01. The fraction of sp³-hybridized carbons (Fsp3) is 0.640. The van der Waals surface area contributed by atoms with Gasteiger partial charge in [0.1, 0.15) is 11.6 Å². The summed E-state index contributed by atoms with van der Waals surface area (Å²) in [5.74, 6) is 2.79. The molecular formula is C25H32FNO2. The highest BCUT2D eigenvalue weighted by atomic mass is 19.1. The quantitative estimate of drug-likeness (QED) is 0.686. The van der Waals surface area contributed by atoms with E-state index in [1.165, 1.54) is 30.7 Å². The normalized spacial score (nSPS) is 41.3. The zero-order valence-corrected chi connectivity index (χ0v) is 17.8. The average molecular weight is 398 g/mol. The maximum Gasteiger partial charge on any atom is 0.157 e. The number of carbonyl (C=O) groups excluding carboxylic acids is 1. The molecule has 0 aromatic heterocycles. The van der Waals surface area contributed by atoms with Gasteiger partial charge in [0.15, 0.2) is 5.78 Å². The van der Waals surface area contributed by atoms with Crippen LogP contribution in [0.4, 0.5) is 4.39 Å². The Morgan fingerprint density at radius 1 is 1.14 bits per heavy atom. The molecule has 0 unspecified atom stereocenters. The fourth-order valence-electron chi connectivity index (χ4n) is 7.36. The van der Waals surface area contributed by atoms with Gasteiger partial charge in [0, 0.05) is 37.2 Å². The first-order chi connectivity index (χ1) is 13.8. The van der Waals surface area contributed by atoms with Crippen LogP contribution in [0.2, 0.25) is 0 Å². The van der Waals surface area contributed by atoms with Crippen molar-refractivity contribution < 1.29 is 13.9 Å². The summed E-state index contributed by atoms with van der Waals surface area (Å²) < 4.78 is 19.5.